The van der Waals surface area contributed by atoms with Crippen LogP contribution in [-0.2, 0) is 4.43 Å². The van der Waals surface area contributed by atoms with Crippen LogP contribution in [0.3, 0.4) is 0 Å². The molecule has 0 aromatic carbocycles. The molecule has 0 fully saturated rings. The molecule has 50 heavy (non-hydrogen) atoms. The maximum absolute atomic E-state index is 4.93. The fourth-order valence-corrected chi connectivity index (χ4v) is 8.17. The molecule has 0 aromatic rings. The number of unbranched alkanes of at least 4 members (excludes halogenated alkanes) is 45. The van der Waals surface area contributed by atoms with Gasteiger partial charge in [0.2, 0.25) is 10.5 Å². The van der Waals surface area contributed by atoms with Gasteiger partial charge in [-0.3, -0.25) is 0 Å². The van der Waals surface area contributed by atoms with Gasteiger partial charge in [-0.1, -0.05) is 296 Å². The van der Waals surface area contributed by atoms with Crippen molar-refractivity contribution >= 4 is 10.5 Å². The molecular weight excluding hydrogens is 621 g/mol. The topological polar surface area (TPSA) is 9.23 Å². The first kappa shape index (κ1) is 50.2. The molecule has 0 bridgehead atoms. The minimum absolute atomic E-state index is 0.858. The van der Waals surface area contributed by atoms with Crippen molar-refractivity contribution in [1.82, 2.24) is 0 Å². The van der Waals surface area contributed by atoms with Gasteiger partial charge in [0.15, 0.2) is 0 Å². The normalized spacial score (nSPS) is 11.6. The van der Waals surface area contributed by atoms with E-state index >= 15 is 0 Å². The van der Waals surface area contributed by atoms with Crippen molar-refractivity contribution in [2.75, 3.05) is 6.61 Å². The minimum Gasteiger partial charge on any atom is -0.419 e. The van der Waals surface area contributed by atoms with Gasteiger partial charge in [-0.05, 0) is 6.42 Å². The summed E-state index contributed by atoms with van der Waals surface area (Å²) in [5.41, 5.74) is 0. The van der Waals surface area contributed by atoms with E-state index in [-0.39, 0.29) is 0 Å². The van der Waals surface area contributed by atoms with Gasteiger partial charge in [0.25, 0.3) is 0 Å². The Bertz CT molecular complexity index is 502. The zero-order valence-electron chi connectivity index (χ0n) is 35.1. The molecule has 1 nitrogen and oxygen atoms in total. The number of hydrogen-bond donors (Lipinski definition) is 0. The second kappa shape index (κ2) is 49.2. The Morgan fingerprint density at radius 1 is 0.200 bits per heavy atom. The van der Waals surface area contributed by atoms with E-state index in [1.165, 1.54) is 295 Å². The van der Waals surface area contributed by atoms with Crippen molar-refractivity contribution in [2.45, 2.75) is 302 Å². The van der Waals surface area contributed by atoms with Gasteiger partial charge in [0.05, 0.1) is 0 Å². The summed E-state index contributed by atoms with van der Waals surface area (Å²) < 4.78 is 4.93. The van der Waals surface area contributed by atoms with Gasteiger partial charge in [0.1, 0.15) is 0 Å². The molecule has 0 amide bonds. The largest absolute Gasteiger partial charge is 0.419 e. The lowest BCUT2D eigenvalue weighted by atomic mass is 10.0. The highest BCUT2D eigenvalue weighted by molar-refractivity contribution is 5.97. The molecule has 0 aliphatic carbocycles. The van der Waals surface area contributed by atoms with Crippen molar-refractivity contribution in [3.8, 4) is 0 Å². The van der Waals surface area contributed by atoms with Crippen LogP contribution in [0, 0.1) is 0 Å². The van der Waals surface area contributed by atoms with Crippen LogP contribution >= 0.6 is 0 Å². The maximum Gasteiger partial charge on any atom is 0.246 e. The van der Waals surface area contributed by atoms with Gasteiger partial charge in [0, 0.05) is 6.61 Å². The smallest absolute Gasteiger partial charge is 0.246 e. The van der Waals surface area contributed by atoms with E-state index in [1.807, 2.05) is 0 Å². The van der Waals surface area contributed by atoms with Crippen LogP contribution in [0.15, 0.2) is 0 Å². The molecule has 0 atom stereocenters. The van der Waals surface area contributed by atoms with Crippen LogP contribution in [0.1, 0.15) is 302 Å². The van der Waals surface area contributed by atoms with Gasteiger partial charge in [-0.2, -0.15) is 0 Å². The third-order valence-electron chi connectivity index (χ3n) is 11.6. The molecule has 299 valence electrons. The van der Waals surface area contributed by atoms with Crippen LogP contribution < -0.4 is 0 Å². The Balaban J connectivity index is 3.04. The predicted octanol–water partition coefficient (Wildman–Crippen LogP) is 18.1. The van der Waals surface area contributed by atoms with Crippen molar-refractivity contribution < 1.29 is 4.43 Å². The van der Waals surface area contributed by atoms with Crippen molar-refractivity contribution in [3.63, 3.8) is 0 Å². The summed E-state index contributed by atoms with van der Waals surface area (Å²) in [6.45, 7) is 3.17. The SMILES string of the molecule is CCCCCCCCCCCCCCCCCCCCCCCCCCCCCCCCCCCCCCCCCCCCCCCCO[Si]. The van der Waals surface area contributed by atoms with E-state index in [4.69, 9.17) is 4.43 Å². The predicted molar refractivity (Wildman–Crippen MR) is 230 cm³/mol. The molecule has 0 rings (SSSR count). The second-order valence-electron chi connectivity index (χ2n) is 16.8. The molecule has 3 radical (unpaired) electrons. The Morgan fingerprint density at radius 3 is 0.440 bits per heavy atom. The van der Waals surface area contributed by atoms with Crippen LogP contribution in [0.2, 0.25) is 0 Å². The summed E-state index contributed by atoms with van der Waals surface area (Å²) in [4.78, 5) is 0. The summed E-state index contributed by atoms with van der Waals surface area (Å²) in [7, 11) is 3.08. The first-order valence-electron chi connectivity index (χ1n) is 24.2. The quantitative estimate of drug-likeness (QED) is 0.0450. The zero-order chi connectivity index (χ0) is 35.9. The van der Waals surface area contributed by atoms with Crippen molar-refractivity contribution in [2.24, 2.45) is 0 Å². The Labute approximate surface area is 322 Å². The van der Waals surface area contributed by atoms with Gasteiger partial charge in [-0.15, -0.1) is 0 Å². The lowest BCUT2D eigenvalue weighted by Gasteiger charge is -2.05. The Hall–Kier alpha value is 0.177. The first-order valence-corrected chi connectivity index (χ1v) is 24.6. The Morgan fingerprint density at radius 2 is 0.320 bits per heavy atom. The number of rotatable bonds is 47. The van der Waals surface area contributed by atoms with Crippen molar-refractivity contribution in [3.05, 3.63) is 0 Å². The van der Waals surface area contributed by atoms with Gasteiger partial charge < -0.3 is 4.43 Å². The van der Waals surface area contributed by atoms with Crippen LogP contribution in [0.4, 0.5) is 0 Å². The molecule has 0 aromatic heterocycles. The summed E-state index contributed by atoms with van der Waals surface area (Å²) >= 11 is 0. The summed E-state index contributed by atoms with van der Waals surface area (Å²) in [6.07, 6.45) is 67.6. The molecule has 2 heteroatoms. The van der Waals surface area contributed by atoms with E-state index < -0.39 is 0 Å². The van der Waals surface area contributed by atoms with Crippen LogP contribution in [0.25, 0.3) is 0 Å². The third kappa shape index (κ3) is 48.2. The molecule has 0 spiro atoms. The fraction of sp³-hybridized carbons (Fsp3) is 1.00. The Kier molecular flexibility index (Phi) is 49.4. The van der Waals surface area contributed by atoms with Crippen LogP contribution in [-0.4, -0.2) is 17.1 Å². The fourth-order valence-electron chi connectivity index (χ4n) is 8.03. The standard InChI is InChI=1S/C48H97OSi/c1-2-3-4-5-6-7-8-9-10-11-12-13-14-15-16-17-18-19-20-21-22-23-24-25-26-27-28-29-30-31-32-33-34-35-36-37-38-39-40-41-42-43-44-45-46-47-48-49-50/h2-48H2,1H3. The van der Waals surface area contributed by atoms with Gasteiger partial charge >= 0.3 is 0 Å². The van der Waals surface area contributed by atoms with Gasteiger partial charge in [-0.25, -0.2) is 0 Å². The molecule has 0 aliphatic heterocycles. The van der Waals surface area contributed by atoms with E-state index in [2.05, 4.69) is 17.4 Å². The van der Waals surface area contributed by atoms with Crippen LogP contribution in [0.5, 0.6) is 0 Å². The van der Waals surface area contributed by atoms with Crippen molar-refractivity contribution in [1.29, 1.82) is 0 Å². The average molecular weight is 718 g/mol. The molecule has 0 N–H and O–H groups in total. The molecule has 0 aliphatic rings. The van der Waals surface area contributed by atoms with E-state index in [0.29, 0.717) is 0 Å². The van der Waals surface area contributed by atoms with E-state index in [9.17, 15) is 0 Å². The summed E-state index contributed by atoms with van der Waals surface area (Å²) in [5.74, 6) is 0. The summed E-state index contributed by atoms with van der Waals surface area (Å²) in [5, 5.41) is 0. The van der Waals surface area contributed by atoms with E-state index in [0.717, 1.165) is 6.61 Å². The molecule has 0 unspecified atom stereocenters. The van der Waals surface area contributed by atoms with E-state index in [1.54, 1.807) is 0 Å². The highest BCUT2D eigenvalue weighted by Crippen LogP contribution is 2.18. The summed E-state index contributed by atoms with van der Waals surface area (Å²) in [6, 6.07) is 0. The number of hydrogen-bond acceptors (Lipinski definition) is 1. The molecular formula is C48H97OSi. The monoisotopic (exact) mass is 718 g/mol. The molecule has 0 heterocycles. The molecule has 0 saturated carbocycles. The minimum atomic E-state index is 0.858. The highest BCUT2D eigenvalue weighted by atomic mass is 28.2. The lowest BCUT2D eigenvalue weighted by molar-refractivity contribution is 0.332. The third-order valence-corrected chi connectivity index (χ3v) is 11.8. The second-order valence-corrected chi connectivity index (χ2v) is 17.0. The molecule has 0 saturated heterocycles. The maximum atomic E-state index is 4.93. The first-order chi connectivity index (χ1) is 24.9. The lowest BCUT2D eigenvalue weighted by Crippen LogP contribution is -1.89. The highest BCUT2D eigenvalue weighted by Gasteiger charge is 1.98. The zero-order valence-corrected chi connectivity index (χ0v) is 36.1. The average Bonchev–Trinajstić information content (AvgIpc) is 3.13.